The molecule has 0 radical (unpaired) electrons. The molecule has 1 saturated heterocycles. The van der Waals surface area contributed by atoms with Gasteiger partial charge in [-0.1, -0.05) is 0 Å². The molecule has 1 unspecified atom stereocenters. The van der Waals surface area contributed by atoms with Gasteiger partial charge in [-0.05, 0) is 26.2 Å². The Morgan fingerprint density at radius 3 is 3.19 bits per heavy atom. The van der Waals surface area contributed by atoms with Crippen molar-refractivity contribution in [1.82, 2.24) is 4.98 Å². The van der Waals surface area contributed by atoms with Crippen LogP contribution in [0.5, 0.6) is 0 Å². The van der Waals surface area contributed by atoms with Crippen molar-refractivity contribution in [3.63, 3.8) is 0 Å². The number of halogens is 1. The zero-order valence-corrected chi connectivity index (χ0v) is 10.9. The van der Waals surface area contributed by atoms with E-state index in [1.54, 1.807) is 5.38 Å². The zero-order chi connectivity index (χ0) is 11.5. The Labute approximate surface area is 104 Å². The number of aromatic nitrogens is 1. The van der Waals surface area contributed by atoms with Crippen LogP contribution in [-0.2, 0) is 0 Å². The average molecular weight is 259 g/mol. The summed E-state index contributed by atoms with van der Waals surface area (Å²) in [6.07, 6.45) is 3.71. The maximum Gasteiger partial charge on any atom is 0.196 e. The van der Waals surface area contributed by atoms with Gasteiger partial charge in [0.2, 0.25) is 0 Å². The molecular formula is C11H15ClN2OS. The van der Waals surface area contributed by atoms with Crippen LogP contribution < -0.4 is 4.90 Å². The summed E-state index contributed by atoms with van der Waals surface area (Å²) in [6, 6.07) is 0.527. The second-order valence-corrected chi connectivity index (χ2v) is 5.21. The lowest BCUT2D eigenvalue weighted by Crippen LogP contribution is -2.37. The molecule has 1 aromatic rings. The molecule has 0 aromatic carbocycles. The first-order valence-corrected chi connectivity index (χ1v) is 6.95. The van der Waals surface area contributed by atoms with Crippen molar-refractivity contribution in [1.29, 1.82) is 0 Å². The number of hydrogen-bond acceptors (Lipinski definition) is 4. The normalized spacial score (nSPS) is 21.1. The van der Waals surface area contributed by atoms with E-state index < -0.39 is 0 Å². The van der Waals surface area contributed by atoms with E-state index in [1.165, 1.54) is 30.6 Å². The molecule has 3 nitrogen and oxygen atoms in total. The third-order valence-corrected chi connectivity index (χ3v) is 4.07. The van der Waals surface area contributed by atoms with Crippen molar-refractivity contribution < 1.29 is 4.79 Å². The molecule has 0 aliphatic carbocycles. The van der Waals surface area contributed by atoms with E-state index >= 15 is 0 Å². The maximum absolute atomic E-state index is 11.4. The van der Waals surface area contributed by atoms with Gasteiger partial charge in [0.05, 0.1) is 5.88 Å². The van der Waals surface area contributed by atoms with E-state index in [4.69, 9.17) is 11.6 Å². The molecule has 1 aliphatic rings. The Kier molecular flexibility index (Phi) is 3.82. The van der Waals surface area contributed by atoms with E-state index in [0.29, 0.717) is 11.7 Å². The van der Waals surface area contributed by atoms with Crippen LogP contribution in [0.15, 0.2) is 5.38 Å². The van der Waals surface area contributed by atoms with Crippen LogP contribution in [0, 0.1) is 0 Å². The maximum atomic E-state index is 11.4. The highest BCUT2D eigenvalue weighted by Gasteiger charge is 2.21. The molecule has 1 fully saturated rings. The van der Waals surface area contributed by atoms with Crippen LogP contribution in [0.3, 0.4) is 0 Å². The van der Waals surface area contributed by atoms with Gasteiger partial charge in [-0.25, -0.2) is 4.98 Å². The number of carbonyl (C=O) groups excluding carboxylic acids is 1. The molecule has 0 spiro atoms. The third-order valence-electron chi connectivity index (χ3n) is 2.95. The highest BCUT2D eigenvalue weighted by atomic mass is 35.5. The standard InChI is InChI=1S/C11H15ClN2OS/c1-8-4-2-3-5-14(8)11-13-9(7-16-11)10(15)6-12/h7-8H,2-6H2,1H3. The molecule has 0 bridgehead atoms. The molecule has 1 atom stereocenters. The molecule has 1 aliphatic heterocycles. The van der Waals surface area contributed by atoms with Gasteiger partial charge in [0, 0.05) is 18.0 Å². The molecule has 0 saturated carbocycles. The quantitative estimate of drug-likeness (QED) is 0.617. The fraction of sp³-hybridized carbons (Fsp3) is 0.636. The van der Waals surface area contributed by atoms with Gasteiger partial charge in [0.15, 0.2) is 10.9 Å². The van der Waals surface area contributed by atoms with E-state index in [2.05, 4.69) is 16.8 Å². The second-order valence-electron chi connectivity index (χ2n) is 4.11. The first kappa shape index (κ1) is 11.9. The lowest BCUT2D eigenvalue weighted by Gasteiger charge is -2.33. The highest BCUT2D eigenvalue weighted by Crippen LogP contribution is 2.27. The van der Waals surface area contributed by atoms with Crippen LogP contribution in [0.25, 0.3) is 0 Å². The number of nitrogens with zero attached hydrogens (tertiary/aromatic N) is 2. The number of anilines is 1. The van der Waals surface area contributed by atoms with Gasteiger partial charge < -0.3 is 4.90 Å². The second kappa shape index (κ2) is 5.15. The van der Waals surface area contributed by atoms with Crippen molar-refractivity contribution >= 4 is 33.9 Å². The van der Waals surface area contributed by atoms with Crippen molar-refractivity contribution in [3.8, 4) is 0 Å². The van der Waals surface area contributed by atoms with E-state index in [9.17, 15) is 4.79 Å². The predicted molar refractivity (Wildman–Crippen MR) is 67.8 cm³/mol. The number of hydrogen-bond donors (Lipinski definition) is 0. The monoisotopic (exact) mass is 258 g/mol. The summed E-state index contributed by atoms with van der Waals surface area (Å²) >= 11 is 7.05. The summed E-state index contributed by atoms with van der Waals surface area (Å²) in [6.45, 7) is 3.26. The lowest BCUT2D eigenvalue weighted by atomic mass is 10.1. The van der Waals surface area contributed by atoms with Gasteiger partial charge in [-0.3, -0.25) is 4.79 Å². The topological polar surface area (TPSA) is 33.2 Å². The SMILES string of the molecule is CC1CCCCN1c1nc(C(=O)CCl)cs1. The van der Waals surface area contributed by atoms with Gasteiger partial charge in [0.25, 0.3) is 0 Å². The largest absolute Gasteiger partial charge is 0.345 e. The number of alkyl halides is 1. The minimum atomic E-state index is -0.0890. The Balaban J connectivity index is 2.14. The minimum Gasteiger partial charge on any atom is -0.345 e. The number of carbonyl (C=O) groups is 1. The van der Waals surface area contributed by atoms with Crippen LogP contribution >= 0.6 is 22.9 Å². The summed E-state index contributed by atoms with van der Waals surface area (Å²) < 4.78 is 0. The van der Waals surface area contributed by atoms with Gasteiger partial charge in [0.1, 0.15) is 5.69 Å². The number of rotatable bonds is 3. The van der Waals surface area contributed by atoms with Crippen molar-refractivity contribution in [2.24, 2.45) is 0 Å². The van der Waals surface area contributed by atoms with Gasteiger partial charge in [-0.15, -0.1) is 22.9 Å². The van der Waals surface area contributed by atoms with E-state index in [-0.39, 0.29) is 11.7 Å². The van der Waals surface area contributed by atoms with E-state index in [0.717, 1.165) is 11.7 Å². The predicted octanol–water partition coefficient (Wildman–Crippen LogP) is 2.94. The summed E-state index contributed by atoms with van der Waals surface area (Å²) in [5.74, 6) is -0.0764. The average Bonchev–Trinajstić information content (AvgIpc) is 2.78. The van der Waals surface area contributed by atoms with Crippen molar-refractivity contribution in [3.05, 3.63) is 11.1 Å². The van der Waals surface area contributed by atoms with Crippen molar-refractivity contribution in [2.45, 2.75) is 32.2 Å². The molecule has 5 heteroatoms. The molecule has 2 rings (SSSR count). The Morgan fingerprint density at radius 1 is 1.69 bits per heavy atom. The lowest BCUT2D eigenvalue weighted by molar-refractivity contribution is 0.101. The van der Waals surface area contributed by atoms with Crippen LogP contribution in [0.4, 0.5) is 5.13 Å². The van der Waals surface area contributed by atoms with Crippen LogP contribution in [0.2, 0.25) is 0 Å². The Morgan fingerprint density at radius 2 is 2.50 bits per heavy atom. The smallest absolute Gasteiger partial charge is 0.196 e. The molecule has 0 N–H and O–H groups in total. The van der Waals surface area contributed by atoms with Gasteiger partial charge in [-0.2, -0.15) is 0 Å². The molecular weight excluding hydrogens is 244 g/mol. The van der Waals surface area contributed by atoms with Crippen molar-refractivity contribution in [2.75, 3.05) is 17.3 Å². The molecule has 16 heavy (non-hydrogen) atoms. The third kappa shape index (κ3) is 2.38. The fourth-order valence-electron chi connectivity index (χ4n) is 1.98. The minimum absolute atomic E-state index is 0.0126. The molecule has 88 valence electrons. The summed E-state index contributed by atoms with van der Waals surface area (Å²) in [7, 11) is 0. The van der Waals surface area contributed by atoms with E-state index in [1.807, 2.05) is 0 Å². The first-order valence-electron chi connectivity index (χ1n) is 5.53. The first-order chi connectivity index (χ1) is 7.72. The van der Waals surface area contributed by atoms with Crippen LogP contribution in [0.1, 0.15) is 36.7 Å². The zero-order valence-electron chi connectivity index (χ0n) is 9.28. The molecule has 2 heterocycles. The van der Waals surface area contributed by atoms with Gasteiger partial charge >= 0.3 is 0 Å². The highest BCUT2D eigenvalue weighted by molar-refractivity contribution is 7.14. The fourth-order valence-corrected chi connectivity index (χ4v) is 3.07. The number of thiazole rings is 1. The summed E-state index contributed by atoms with van der Waals surface area (Å²) in [5, 5.41) is 2.77. The number of ketones is 1. The summed E-state index contributed by atoms with van der Waals surface area (Å²) in [4.78, 5) is 18.0. The molecule has 1 aromatic heterocycles. The molecule has 0 amide bonds. The van der Waals surface area contributed by atoms with Crippen LogP contribution in [-0.4, -0.2) is 29.2 Å². The number of Topliss-reactive ketones (excluding diaryl/α,β-unsaturated/α-hetero) is 1. The Bertz CT molecular complexity index is 380. The summed E-state index contributed by atoms with van der Waals surface area (Å²) in [5.41, 5.74) is 0.507. The Hall–Kier alpha value is -0.610. The number of piperidine rings is 1.